The van der Waals surface area contributed by atoms with E-state index in [1.54, 1.807) is 29.2 Å². The van der Waals surface area contributed by atoms with E-state index in [4.69, 9.17) is 21.7 Å². The van der Waals surface area contributed by atoms with Crippen LogP contribution in [0.15, 0.2) is 30.3 Å². The van der Waals surface area contributed by atoms with Gasteiger partial charge in [-0.05, 0) is 37.2 Å². The summed E-state index contributed by atoms with van der Waals surface area (Å²) >= 11 is 5.33. The lowest BCUT2D eigenvalue weighted by molar-refractivity contribution is -0.150. The van der Waals surface area contributed by atoms with Crippen molar-refractivity contribution in [1.82, 2.24) is 15.5 Å². The fourth-order valence-electron chi connectivity index (χ4n) is 3.17. The number of carbonyl (C=O) groups is 3. The molecule has 0 aromatic heterocycles. The Morgan fingerprint density at radius 2 is 2.11 bits per heavy atom. The first-order valence-corrected chi connectivity index (χ1v) is 9.67. The molecule has 2 amide bonds. The molecular formula is C19H23N3O5S. The molecule has 2 saturated heterocycles. The van der Waals surface area contributed by atoms with Crippen LogP contribution < -0.4 is 10.6 Å². The molecule has 0 unspecified atom stereocenters. The minimum atomic E-state index is -0.825. The molecule has 2 aliphatic rings. The van der Waals surface area contributed by atoms with E-state index in [-0.39, 0.29) is 36.1 Å². The van der Waals surface area contributed by atoms with Crippen molar-refractivity contribution in [3.8, 4) is 0 Å². The topological polar surface area (TPSA) is 97.0 Å². The van der Waals surface area contributed by atoms with Crippen molar-refractivity contribution in [3.05, 3.63) is 35.9 Å². The van der Waals surface area contributed by atoms with E-state index >= 15 is 0 Å². The molecule has 1 aromatic rings. The normalized spacial score (nSPS) is 21.7. The van der Waals surface area contributed by atoms with Crippen molar-refractivity contribution in [2.45, 2.75) is 31.4 Å². The van der Waals surface area contributed by atoms with E-state index in [2.05, 4.69) is 10.6 Å². The van der Waals surface area contributed by atoms with Crippen LogP contribution in [0.3, 0.4) is 0 Å². The Labute approximate surface area is 168 Å². The third-order valence-corrected chi connectivity index (χ3v) is 5.00. The standard InChI is InChI=1S/C19H23N3O5S/c23-16(27-12-14-7-4-10-26-14)11-15-18(25)20-8-9-22(15)19(28)21-17(24)13-5-2-1-3-6-13/h1-3,5-6,14-15H,4,7-12H2,(H,20,25)(H,21,24,28)/t14-,15-/m1/s1. The largest absolute Gasteiger partial charge is 0.463 e. The highest BCUT2D eigenvalue weighted by Crippen LogP contribution is 2.14. The predicted octanol–water partition coefficient (Wildman–Crippen LogP) is 0.614. The van der Waals surface area contributed by atoms with Crippen LogP contribution in [0.1, 0.15) is 29.6 Å². The summed E-state index contributed by atoms with van der Waals surface area (Å²) in [4.78, 5) is 38.4. The number of esters is 1. The van der Waals surface area contributed by atoms with E-state index in [0.717, 1.165) is 12.8 Å². The van der Waals surface area contributed by atoms with Crippen LogP contribution in [-0.4, -0.2) is 66.2 Å². The van der Waals surface area contributed by atoms with Crippen molar-refractivity contribution in [3.63, 3.8) is 0 Å². The number of amides is 2. The Kier molecular flexibility index (Phi) is 6.94. The maximum Gasteiger partial charge on any atom is 0.308 e. The minimum Gasteiger partial charge on any atom is -0.463 e. The van der Waals surface area contributed by atoms with Gasteiger partial charge in [0.15, 0.2) is 5.11 Å². The second-order valence-corrected chi connectivity index (χ2v) is 7.03. The van der Waals surface area contributed by atoms with Crippen LogP contribution >= 0.6 is 12.2 Å². The van der Waals surface area contributed by atoms with Gasteiger partial charge in [0.05, 0.1) is 12.5 Å². The van der Waals surface area contributed by atoms with Crippen molar-refractivity contribution in [2.75, 3.05) is 26.3 Å². The van der Waals surface area contributed by atoms with Gasteiger partial charge >= 0.3 is 5.97 Å². The molecule has 2 fully saturated rings. The maximum atomic E-state index is 12.3. The van der Waals surface area contributed by atoms with Gasteiger partial charge in [0.1, 0.15) is 12.6 Å². The van der Waals surface area contributed by atoms with Crippen molar-refractivity contribution < 1.29 is 23.9 Å². The fourth-order valence-corrected chi connectivity index (χ4v) is 3.48. The van der Waals surface area contributed by atoms with Gasteiger partial charge < -0.3 is 19.7 Å². The Hall–Kier alpha value is -2.52. The highest BCUT2D eigenvalue weighted by atomic mass is 32.1. The summed E-state index contributed by atoms with van der Waals surface area (Å²) in [6.45, 7) is 1.63. The van der Waals surface area contributed by atoms with Crippen LogP contribution in [0.25, 0.3) is 0 Å². The van der Waals surface area contributed by atoms with E-state index < -0.39 is 12.0 Å². The van der Waals surface area contributed by atoms with Crippen molar-refractivity contribution in [2.24, 2.45) is 0 Å². The van der Waals surface area contributed by atoms with E-state index in [9.17, 15) is 14.4 Å². The summed E-state index contributed by atoms with van der Waals surface area (Å²) in [5.74, 6) is -1.19. The Balaban J connectivity index is 1.57. The highest BCUT2D eigenvalue weighted by Gasteiger charge is 2.34. The molecule has 2 heterocycles. The SMILES string of the molecule is O=C(C[C@@H]1C(=O)NCCN1C(=S)NC(=O)c1ccccc1)OC[C@H]1CCCO1. The summed E-state index contributed by atoms with van der Waals surface area (Å²) in [6, 6.07) is 7.82. The molecule has 0 aliphatic carbocycles. The van der Waals surface area contributed by atoms with Gasteiger partial charge in [0, 0.05) is 25.3 Å². The maximum absolute atomic E-state index is 12.3. The quantitative estimate of drug-likeness (QED) is 0.547. The van der Waals surface area contributed by atoms with Gasteiger partial charge in [0.25, 0.3) is 5.91 Å². The molecule has 2 atom stereocenters. The average Bonchev–Trinajstić information content (AvgIpc) is 3.22. The van der Waals surface area contributed by atoms with Crippen molar-refractivity contribution in [1.29, 1.82) is 0 Å². The number of nitrogens with one attached hydrogen (secondary N) is 2. The van der Waals surface area contributed by atoms with E-state index in [1.807, 2.05) is 6.07 Å². The first kappa shape index (κ1) is 20.2. The monoisotopic (exact) mass is 405 g/mol. The molecule has 0 saturated carbocycles. The highest BCUT2D eigenvalue weighted by molar-refractivity contribution is 7.80. The molecule has 9 heteroatoms. The van der Waals surface area contributed by atoms with E-state index in [0.29, 0.717) is 25.3 Å². The predicted molar refractivity (Wildman–Crippen MR) is 105 cm³/mol. The number of thiocarbonyl (C=S) groups is 1. The van der Waals surface area contributed by atoms with E-state index in [1.165, 1.54) is 0 Å². The first-order valence-electron chi connectivity index (χ1n) is 9.26. The molecule has 8 nitrogen and oxygen atoms in total. The van der Waals surface area contributed by atoms with Crippen LogP contribution in [0.5, 0.6) is 0 Å². The van der Waals surface area contributed by atoms with Gasteiger partial charge in [-0.1, -0.05) is 18.2 Å². The zero-order valence-electron chi connectivity index (χ0n) is 15.4. The third-order valence-electron chi connectivity index (χ3n) is 4.66. The number of carbonyl (C=O) groups excluding carboxylic acids is 3. The number of piperazine rings is 1. The molecule has 2 N–H and O–H groups in total. The third kappa shape index (κ3) is 5.26. The molecule has 3 rings (SSSR count). The lowest BCUT2D eigenvalue weighted by Crippen LogP contribution is -2.60. The second-order valence-electron chi connectivity index (χ2n) is 6.65. The Morgan fingerprint density at radius 1 is 1.32 bits per heavy atom. The van der Waals surface area contributed by atoms with Gasteiger partial charge in [-0.25, -0.2) is 0 Å². The first-order chi connectivity index (χ1) is 13.5. The lowest BCUT2D eigenvalue weighted by Gasteiger charge is -2.36. The summed E-state index contributed by atoms with van der Waals surface area (Å²) in [6.07, 6.45) is 1.58. The molecule has 0 radical (unpaired) electrons. The number of rotatable bonds is 5. The van der Waals surface area contributed by atoms with Gasteiger partial charge in [-0.3, -0.25) is 19.7 Å². The zero-order chi connectivity index (χ0) is 19.9. The van der Waals surface area contributed by atoms with Crippen LogP contribution in [0.4, 0.5) is 0 Å². The summed E-state index contributed by atoms with van der Waals surface area (Å²) in [7, 11) is 0. The lowest BCUT2D eigenvalue weighted by atomic mass is 10.1. The molecule has 0 bridgehead atoms. The van der Waals surface area contributed by atoms with Crippen LogP contribution in [0, 0.1) is 0 Å². The number of benzene rings is 1. The van der Waals surface area contributed by atoms with Crippen LogP contribution in [0.2, 0.25) is 0 Å². The minimum absolute atomic E-state index is 0.0773. The Morgan fingerprint density at radius 3 is 2.82 bits per heavy atom. The number of hydrogen-bond donors (Lipinski definition) is 2. The van der Waals surface area contributed by atoms with Gasteiger partial charge in [-0.15, -0.1) is 0 Å². The number of nitrogens with zero attached hydrogens (tertiary/aromatic N) is 1. The second kappa shape index (κ2) is 9.61. The molecule has 150 valence electrons. The zero-order valence-corrected chi connectivity index (χ0v) is 16.2. The molecule has 1 aromatic carbocycles. The number of ether oxygens (including phenoxy) is 2. The molecule has 28 heavy (non-hydrogen) atoms. The molecule has 0 spiro atoms. The van der Waals surface area contributed by atoms with Gasteiger partial charge in [0.2, 0.25) is 5.91 Å². The molecular weight excluding hydrogens is 382 g/mol. The smallest absolute Gasteiger partial charge is 0.308 e. The summed E-state index contributed by atoms with van der Waals surface area (Å²) in [5, 5.41) is 5.46. The van der Waals surface area contributed by atoms with Crippen molar-refractivity contribution >= 4 is 35.1 Å². The summed E-state index contributed by atoms with van der Waals surface area (Å²) in [5.41, 5.74) is 0.457. The fraction of sp³-hybridized carbons (Fsp3) is 0.474. The average molecular weight is 405 g/mol. The Bertz CT molecular complexity index is 736. The molecule has 2 aliphatic heterocycles. The number of hydrogen-bond acceptors (Lipinski definition) is 6. The van der Waals surface area contributed by atoms with Crippen LogP contribution in [-0.2, 0) is 19.1 Å². The summed E-state index contributed by atoms with van der Waals surface area (Å²) < 4.78 is 10.7. The van der Waals surface area contributed by atoms with Gasteiger partial charge in [-0.2, -0.15) is 0 Å².